The highest BCUT2D eigenvalue weighted by molar-refractivity contribution is 5.51. The standard InChI is InChI=1S/C63H76N4O12/c1-42-16-17-46(27-61(42)77-39-53(69)31-65-35-57-12-7-19-73-57)22-50-25-48(29-63(44(50)3)79-41-55(71)33-67-37-59-14-9-21-75-59)26-51-24-47(28-62(45(51)4)78-40-54(70)32-66-36-58-13-8-20-74-58)23-49-10-5-15-60(43(49)2)76-38-52(68)30-64-34-56-11-6-18-72-56/h5-21,24-25,27-29,52-55,64-71H,22-23,26,30-41H2,1-4H3. The van der Waals surface area contributed by atoms with Crippen molar-refractivity contribution in [2.24, 2.45) is 0 Å². The zero-order chi connectivity index (χ0) is 55.3. The van der Waals surface area contributed by atoms with E-state index in [1.165, 1.54) is 0 Å². The van der Waals surface area contributed by atoms with Crippen LogP contribution in [0.25, 0.3) is 0 Å². The van der Waals surface area contributed by atoms with Crippen LogP contribution >= 0.6 is 0 Å². The number of hydrogen-bond acceptors (Lipinski definition) is 16. The summed E-state index contributed by atoms with van der Waals surface area (Å²) in [5.41, 5.74) is 9.92. The third kappa shape index (κ3) is 18.2. The number of rotatable bonds is 34. The molecule has 0 saturated heterocycles. The van der Waals surface area contributed by atoms with Crippen molar-refractivity contribution in [3.63, 3.8) is 0 Å². The molecule has 420 valence electrons. The summed E-state index contributed by atoms with van der Waals surface area (Å²) in [6.45, 7) is 11.7. The summed E-state index contributed by atoms with van der Waals surface area (Å²) in [6.07, 6.45) is 5.07. The molecule has 79 heavy (non-hydrogen) atoms. The van der Waals surface area contributed by atoms with E-state index in [2.05, 4.69) is 51.6 Å². The molecule has 0 aliphatic heterocycles. The second kappa shape index (κ2) is 29.7. The summed E-state index contributed by atoms with van der Waals surface area (Å²) in [6, 6.07) is 35.5. The highest BCUT2D eigenvalue weighted by Crippen LogP contribution is 2.33. The van der Waals surface area contributed by atoms with Crippen LogP contribution in [-0.4, -0.2) is 97.4 Å². The maximum atomic E-state index is 11.1. The molecule has 0 radical (unpaired) electrons. The molecule has 0 aliphatic rings. The van der Waals surface area contributed by atoms with Crippen molar-refractivity contribution < 1.29 is 57.0 Å². The summed E-state index contributed by atoms with van der Waals surface area (Å²) in [7, 11) is 0. The van der Waals surface area contributed by atoms with Crippen LogP contribution in [0.4, 0.5) is 0 Å². The normalized spacial score (nSPS) is 13.1. The Kier molecular flexibility index (Phi) is 21.8. The van der Waals surface area contributed by atoms with Crippen molar-refractivity contribution in [3.05, 3.63) is 213 Å². The van der Waals surface area contributed by atoms with Gasteiger partial charge in [0.05, 0.1) is 51.2 Å². The molecule has 4 aromatic carbocycles. The number of furan rings is 4. The summed E-state index contributed by atoms with van der Waals surface area (Å²) >= 11 is 0. The van der Waals surface area contributed by atoms with Crippen molar-refractivity contribution in [1.29, 1.82) is 0 Å². The first-order valence-corrected chi connectivity index (χ1v) is 27.0. The maximum Gasteiger partial charge on any atom is 0.122 e. The molecule has 4 heterocycles. The Hall–Kier alpha value is -7.12. The largest absolute Gasteiger partial charge is 0.491 e. The van der Waals surface area contributed by atoms with Crippen LogP contribution in [0.2, 0.25) is 0 Å². The molecule has 16 heteroatoms. The van der Waals surface area contributed by atoms with Crippen LogP contribution in [0.15, 0.2) is 152 Å². The zero-order valence-electron chi connectivity index (χ0n) is 45.7. The lowest BCUT2D eigenvalue weighted by Crippen LogP contribution is -2.31. The number of aliphatic hydroxyl groups is 4. The molecule has 4 aromatic heterocycles. The molecule has 8 rings (SSSR count). The number of benzene rings is 4. The van der Waals surface area contributed by atoms with Crippen LogP contribution in [-0.2, 0) is 45.4 Å². The molecule has 8 N–H and O–H groups in total. The molecule has 4 unspecified atom stereocenters. The fraction of sp³-hybridized carbons (Fsp3) is 0.365. The summed E-state index contributed by atoms with van der Waals surface area (Å²) < 4.78 is 47.1. The first-order chi connectivity index (χ1) is 38.4. The van der Waals surface area contributed by atoms with Gasteiger partial charge in [-0.05, 0) is 175 Å². The van der Waals surface area contributed by atoms with E-state index in [1.54, 1.807) is 25.1 Å². The average molecular weight is 1080 g/mol. The average Bonchev–Trinajstić information content (AvgIpc) is 4.37. The van der Waals surface area contributed by atoms with E-state index in [0.717, 1.165) is 78.7 Å². The predicted molar refractivity (Wildman–Crippen MR) is 301 cm³/mol. The molecular formula is C63H76N4O12. The van der Waals surface area contributed by atoms with E-state index in [9.17, 15) is 20.4 Å². The van der Waals surface area contributed by atoms with Crippen molar-refractivity contribution >= 4 is 0 Å². The Labute approximate surface area is 462 Å². The van der Waals surface area contributed by atoms with Crippen molar-refractivity contribution in [3.8, 4) is 23.0 Å². The second-order valence-corrected chi connectivity index (χ2v) is 20.1. The molecule has 0 fully saturated rings. The van der Waals surface area contributed by atoms with Gasteiger partial charge in [0.25, 0.3) is 0 Å². The Bertz CT molecular complexity index is 3030. The molecule has 4 atom stereocenters. The fourth-order valence-corrected chi connectivity index (χ4v) is 9.15. The van der Waals surface area contributed by atoms with Crippen LogP contribution in [0, 0.1) is 27.7 Å². The Balaban J connectivity index is 1.02. The zero-order valence-corrected chi connectivity index (χ0v) is 45.7. The van der Waals surface area contributed by atoms with E-state index in [-0.39, 0.29) is 26.4 Å². The number of hydrogen-bond donors (Lipinski definition) is 8. The van der Waals surface area contributed by atoms with Gasteiger partial charge in [0.1, 0.15) is 96.9 Å². The third-order valence-electron chi connectivity index (χ3n) is 13.6. The van der Waals surface area contributed by atoms with Gasteiger partial charge in [-0.3, -0.25) is 0 Å². The molecule has 0 saturated carbocycles. The molecule has 0 aliphatic carbocycles. The molecule has 8 aromatic rings. The molecular weight excluding hydrogens is 1000 g/mol. The Morgan fingerprint density at radius 2 is 0.722 bits per heavy atom. The number of nitrogens with one attached hydrogen (secondary N) is 4. The van der Waals surface area contributed by atoms with E-state index in [4.69, 9.17) is 36.6 Å². The van der Waals surface area contributed by atoms with Gasteiger partial charge in [0, 0.05) is 26.2 Å². The van der Waals surface area contributed by atoms with E-state index in [0.29, 0.717) is 94.6 Å². The van der Waals surface area contributed by atoms with Crippen LogP contribution in [0.3, 0.4) is 0 Å². The van der Waals surface area contributed by atoms with Crippen LogP contribution in [0.1, 0.15) is 78.7 Å². The lowest BCUT2D eigenvalue weighted by Gasteiger charge is -2.21. The minimum absolute atomic E-state index is 0.0606. The third-order valence-corrected chi connectivity index (χ3v) is 13.6. The highest BCUT2D eigenvalue weighted by Gasteiger charge is 2.19. The lowest BCUT2D eigenvalue weighted by atomic mass is 9.91. The van der Waals surface area contributed by atoms with E-state index >= 15 is 0 Å². The first-order valence-electron chi connectivity index (χ1n) is 27.0. The van der Waals surface area contributed by atoms with Crippen molar-refractivity contribution in [2.45, 2.75) is 97.6 Å². The second-order valence-electron chi connectivity index (χ2n) is 20.1. The summed E-state index contributed by atoms with van der Waals surface area (Å²) in [4.78, 5) is 0. The monoisotopic (exact) mass is 1080 g/mol. The smallest absolute Gasteiger partial charge is 0.122 e. The number of aryl methyl sites for hydroxylation is 1. The highest BCUT2D eigenvalue weighted by atomic mass is 16.5. The maximum absolute atomic E-state index is 11.1. The predicted octanol–water partition coefficient (Wildman–Crippen LogP) is 8.18. The number of aliphatic hydroxyl groups excluding tert-OH is 4. The van der Waals surface area contributed by atoms with Gasteiger partial charge >= 0.3 is 0 Å². The fourth-order valence-electron chi connectivity index (χ4n) is 9.15. The van der Waals surface area contributed by atoms with Gasteiger partial charge in [-0.15, -0.1) is 0 Å². The topological polar surface area (TPSA) is 219 Å². The van der Waals surface area contributed by atoms with Gasteiger partial charge in [0.2, 0.25) is 0 Å². The first kappa shape index (κ1) is 58.0. The SMILES string of the molecule is Cc1ccc(Cc2cc(Cc3cc(Cc4cccc(OCC(O)CNCc5ccco5)c4C)cc(OCC(O)CNCc4ccco4)c3C)cc(OCC(O)CNCc3ccco3)c2C)cc1OCC(O)CNCc1ccco1. The summed E-state index contributed by atoms with van der Waals surface area (Å²) in [5.74, 6) is 5.83. The van der Waals surface area contributed by atoms with Gasteiger partial charge in [0.15, 0.2) is 0 Å². The molecule has 0 amide bonds. The van der Waals surface area contributed by atoms with Gasteiger partial charge in [-0.25, -0.2) is 0 Å². The Morgan fingerprint density at radius 3 is 1.13 bits per heavy atom. The summed E-state index contributed by atoms with van der Waals surface area (Å²) in [5, 5.41) is 56.7. The minimum Gasteiger partial charge on any atom is -0.491 e. The quantitative estimate of drug-likeness (QED) is 0.0191. The van der Waals surface area contributed by atoms with Crippen molar-refractivity contribution in [2.75, 3.05) is 52.6 Å². The van der Waals surface area contributed by atoms with Gasteiger partial charge in [-0.2, -0.15) is 0 Å². The minimum atomic E-state index is -0.796. The Morgan fingerprint density at radius 1 is 0.367 bits per heavy atom. The van der Waals surface area contributed by atoms with Gasteiger partial charge < -0.3 is 78.3 Å². The van der Waals surface area contributed by atoms with Crippen LogP contribution in [0.5, 0.6) is 23.0 Å². The van der Waals surface area contributed by atoms with E-state index < -0.39 is 24.4 Å². The van der Waals surface area contributed by atoms with Crippen molar-refractivity contribution in [1.82, 2.24) is 21.3 Å². The molecule has 0 spiro atoms. The molecule has 0 bridgehead atoms. The number of ether oxygens (including phenoxy) is 4. The van der Waals surface area contributed by atoms with Crippen LogP contribution < -0.4 is 40.2 Å². The molecule has 16 nitrogen and oxygen atoms in total. The van der Waals surface area contributed by atoms with E-state index in [1.807, 2.05) is 107 Å². The van der Waals surface area contributed by atoms with Gasteiger partial charge in [-0.1, -0.05) is 36.4 Å². The lowest BCUT2D eigenvalue weighted by molar-refractivity contribution is 0.105.